The number of imidazole rings is 1. The second-order valence-corrected chi connectivity index (χ2v) is 6.70. The molecule has 2 aliphatic heterocycles. The lowest BCUT2D eigenvalue weighted by atomic mass is 9.96. The van der Waals surface area contributed by atoms with Gasteiger partial charge in [0, 0.05) is 31.6 Å². The summed E-state index contributed by atoms with van der Waals surface area (Å²) in [4.78, 5) is 19.2. The first kappa shape index (κ1) is 15.4. The average Bonchev–Trinajstić information content (AvgIpc) is 3.05. The van der Waals surface area contributed by atoms with E-state index in [0.717, 1.165) is 43.6 Å². The van der Waals surface area contributed by atoms with Crippen LogP contribution in [0.3, 0.4) is 0 Å². The predicted octanol–water partition coefficient (Wildman–Crippen LogP) is 2.62. The number of ether oxygens (including phenoxy) is 1. The summed E-state index contributed by atoms with van der Waals surface area (Å²) in [5.74, 6) is 0.694. The largest absolute Gasteiger partial charge is 0.377 e. The minimum Gasteiger partial charge on any atom is -0.377 e. The van der Waals surface area contributed by atoms with Crippen molar-refractivity contribution in [3.05, 3.63) is 42.2 Å². The van der Waals surface area contributed by atoms with Crippen molar-refractivity contribution in [1.82, 2.24) is 14.5 Å². The third-order valence-electron chi connectivity index (χ3n) is 5.03. The van der Waals surface area contributed by atoms with E-state index in [0.29, 0.717) is 19.1 Å². The molecule has 1 amide bonds. The number of piperidine rings is 1. The first-order valence-electron chi connectivity index (χ1n) is 8.77. The standard InChI is InChI=1S/C19H23N3O2/c23-19(16-7-10-24-11-8-16)21-9-3-4-15(12-21)13-22-14-20-17-5-1-2-6-18(17)22/h1-2,5-7,14-15H,3-4,8-13H2. The van der Waals surface area contributed by atoms with Gasteiger partial charge < -0.3 is 14.2 Å². The summed E-state index contributed by atoms with van der Waals surface area (Å²) in [7, 11) is 0. The number of rotatable bonds is 3. The van der Waals surface area contributed by atoms with E-state index in [1.807, 2.05) is 29.4 Å². The summed E-state index contributed by atoms with van der Waals surface area (Å²) >= 11 is 0. The van der Waals surface area contributed by atoms with Crippen LogP contribution in [0.15, 0.2) is 42.2 Å². The number of carbonyl (C=O) groups excluding carboxylic acids is 1. The van der Waals surface area contributed by atoms with Crippen LogP contribution in [0.5, 0.6) is 0 Å². The Hall–Kier alpha value is -2.14. The molecule has 0 spiro atoms. The number of nitrogens with zero attached hydrogens (tertiary/aromatic N) is 3. The van der Waals surface area contributed by atoms with Crippen LogP contribution in [0.25, 0.3) is 11.0 Å². The molecule has 2 aromatic rings. The molecular weight excluding hydrogens is 302 g/mol. The molecule has 2 aliphatic rings. The zero-order chi connectivity index (χ0) is 16.4. The predicted molar refractivity (Wildman–Crippen MR) is 92.6 cm³/mol. The highest BCUT2D eigenvalue weighted by molar-refractivity contribution is 5.93. The van der Waals surface area contributed by atoms with Crippen molar-refractivity contribution in [2.45, 2.75) is 25.8 Å². The van der Waals surface area contributed by atoms with Crippen molar-refractivity contribution in [3.63, 3.8) is 0 Å². The van der Waals surface area contributed by atoms with Crippen molar-refractivity contribution < 1.29 is 9.53 Å². The Balaban J connectivity index is 1.45. The Morgan fingerprint density at radius 3 is 3.12 bits per heavy atom. The lowest BCUT2D eigenvalue weighted by Gasteiger charge is -2.34. The van der Waals surface area contributed by atoms with Gasteiger partial charge in [-0.05, 0) is 30.9 Å². The summed E-state index contributed by atoms with van der Waals surface area (Å²) in [5.41, 5.74) is 3.14. The quantitative estimate of drug-likeness (QED) is 0.871. The molecule has 1 fully saturated rings. The van der Waals surface area contributed by atoms with Crippen molar-refractivity contribution in [1.29, 1.82) is 0 Å². The maximum absolute atomic E-state index is 12.7. The van der Waals surface area contributed by atoms with Crippen LogP contribution >= 0.6 is 0 Å². The molecule has 5 heteroatoms. The molecule has 1 saturated heterocycles. The van der Waals surface area contributed by atoms with Gasteiger partial charge in [-0.15, -0.1) is 0 Å². The molecule has 1 aromatic carbocycles. The molecule has 4 rings (SSSR count). The van der Waals surface area contributed by atoms with Gasteiger partial charge in [-0.2, -0.15) is 0 Å². The van der Waals surface area contributed by atoms with Gasteiger partial charge in [0.15, 0.2) is 0 Å². The van der Waals surface area contributed by atoms with Gasteiger partial charge in [-0.3, -0.25) is 4.79 Å². The minimum absolute atomic E-state index is 0.207. The van der Waals surface area contributed by atoms with E-state index in [1.54, 1.807) is 0 Å². The number of benzene rings is 1. The zero-order valence-electron chi connectivity index (χ0n) is 13.9. The zero-order valence-corrected chi connectivity index (χ0v) is 13.9. The van der Waals surface area contributed by atoms with Gasteiger partial charge in [-0.1, -0.05) is 18.2 Å². The molecule has 0 radical (unpaired) electrons. The van der Waals surface area contributed by atoms with E-state index < -0.39 is 0 Å². The molecule has 1 atom stereocenters. The first-order valence-corrected chi connectivity index (χ1v) is 8.77. The molecule has 1 aromatic heterocycles. The molecule has 0 bridgehead atoms. The van der Waals surface area contributed by atoms with Crippen molar-refractivity contribution in [2.24, 2.45) is 5.92 Å². The fraction of sp³-hybridized carbons (Fsp3) is 0.474. The molecule has 24 heavy (non-hydrogen) atoms. The maximum atomic E-state index is 12.7. The van der Waals surface area contributed by atoms with Crippen LogP contribution in [-0.2, 0) is 16.1 Å². The normalized spacial score (nSPS) is 21.8. The second kappa shape index (κ2) is 6.77. The van der Waals surface area contributed by atoms with Crippen LogP contribution in [0.4, 0.5) is 0 Å². The second-order valence-electron chi connectivity index (χ2n) is 6.70. The van der Waals surface area contributed by atoms with Gasteiger partial charge in [0.1, 0.15) is 0 Å². The highest BCUT2D eigenvalue weighted by atomic mass is 16.5. The van der Waals surface area contributed by atoms with E-state index in [4.69, 9.17) is 4.74 Å². The SMILES string of the molecule is O=C(C1=CCOCC1)N1CCCC(Cn2cnc3ccccc32)C1. The minimum atomic E-state index is 0.207. The van der Waals surface area contributed by atoms with Crippen molar-refractivity contribution in [3.8, 4) is 0 Å². The van der Waals surface area contributed by atoms with Gasteiger partial charge in [0.05, 0.1) is 30.6 Å². The molecule has 5 nitrogen and oxygen atoms in total. The number of amides is 1. The van der Waals surface area contributed by atoms with Gasteiger partial charge in [0.2, 0.25) is 5.91 Å². The fourth-order valence-electron chi connectivity index (χ4n) is 3.76. The van der Waals surface area contributed by atoms with Gasteiger partial charge >= 0.3 is 0 Å². The number of para-hydroxylation sites is 2. The number of aromatic nitrogens is 2. The summed E-state index contributed by atoms with van der Waals surface area (Å²) < 4.78 is 7.54. The van der Waals surface area contributed by atoms with Gasteiger partial charge in [0.25, 0.3) is 0 Å². The smallest absolute Gasteiger partial charge is 0.249 e. The molecule has 3 heterocycles. The monoisotopic (exact) mass is 325 g/mol. The number of likely N-dealkylation sites (tertiary alicyclic amines) is 1. The molecule has 126 valence electrons. The topological polar surface area (TPSA) is 47.4 Å². The fourth-order valence-corrected chi connectivity index (χ4v) is 3.76. The summed E-state index contributed by atoms with van der Waals surface area (Å²) in [6, 6.07) is 8.22. The van der Waals surface area contributed by atoms with Crippen molar-refractivity contribution >= 4 is 16.9 Å². The Bertz CT molecular complexity index is 765. The van der Waals surface area contributed by atoms with Crippen LogP contribution in [0.1, 0.15) is 19.3 Å². The van der Waals surface area contributed by atoms with Crippen molar-refractivity contribution in [2.75, 3.05) is 26.3 Å². The highest BCUT2D eigenvalue weighted by Gasteiger charge is 2.26. The molecule has 0 saturated carbocycles. The highest BCUT2D eigenvalue weighted by Crippen LogP contribution is 2.23. The molecule has 0 N–H and O–H groups in total. The Morgan fingerprint density at radius 1 is 1.33 bits per heavy atom. The number of hydrogen-bond acceptors (Lipinski definition) is 3. The molecular formula is C19H23N3O2. The number of carbonyl (C=O) groups is 1. The summed E-state index contributed by atoms with van der Waals surface area (Å²) in [6.07, 6.45) is 6.85. The van der Waals surface area contributed by atoms with Crippen LogP contribution in [0.2, 0.25) is 0 Å². The Morgan fingerprint density at radius 2 is 2.25 bits per heavy atom. The van der Waals surface area contributed by atoms with Gasteiger partial charge in [-0.25, -0.2) is 4.98 Å². The van der Waals surface area contributed by atoms with E-state index >= 15 is 0 Å². The number of fused-ring (bicyclic) bond motifs is 1. The lowest BCUT2D eigenvalue weighted by Crippen LogP contribution is -2.42. The lowest BCUT2D eigenvalue weighted by molar-refractivity contribution is -0.129. The van der Waals surface area contributed by atoms with E-state index in [9.17, 15) is 4.79 Å². The van der Waals surface area contributed by atoms with E-state index in [1.165, 1.54) is 11.9 Å². The third kappa shape index (κ3) is 3.08. The van der Waals surface area contributed by atoms with Crippen LogP contribution in [0, 0.1) is 5.92 Å². The summed E-state index contributed by atoms with van der Waals surface area (Å²) in [5, 5.41) is 0. The van der Waals surface area contributed by atoms with Crippen LogP contribution in [-0.4, -0.2) is 46.7 Å². The Kier molecular flexibility index (Phi) is 4.34. The molecule has 1 unspecified atom stereocenters. The molecule has 0 aliphatic carbocycles. The third-order valence-corrected chi connectivity index (χ3v) is 5.03. The maximum Gasteiger partial charge on any atom is 0.249 e. The Labute approximate surface area is 141 Å². The summed E-state index contributed by atoms with van der Waals surface area (Å²) in [6.45, 7) is 3.86. The average molecular weight is 325 g/mol. The number of hydrogen-bond donors (Lipinski definition) is 0. The first-order chi connectivity index (χ1) is 11.8. The van der Waals surface area contributed by atoms with Crippen LogP contribution < -0.4 is 0 Å². The van der Waals surface area contributed by atoms with E-state index in [2.05, 4.69) is 21.7 Å². The van der Waals surface area contributed by atoms with E-state index in [-0.39, 0.29) is 5.91 Å².